The molecule has 0 saturated carbocycles. The number of rotatable bonds is 7. The molecular formula is C31H27N3O3. The fourth-order valence-corrected chi connectivity index (χ4v) is 4.74. The summed E-state index contributed by atoms with van der Waals surface area (Å²) in [6.45, 7) is 0. The molecule has 0 bridgehead atoms. The minimum atomic E-state index is -0.537. The third-order valence-electron chi connectivity index (χ3n) is 6.63. The molecule has 4 aromatic carbocycles. The molecule has 0 aliphatic rings. The first-order valence-electron chi connectivity index (χ1n) is 12.1. The van der Waals surface area contributed by atoms with Crippen LogP contribution in [0.3, 0.4) is 0 Å². The van der Waals surface area contributed by atoms with Crippen LogP contribution in [-0.2, 0) is 7.05 Å². The molecular weight excluding hydrogens is 462 g/mol. The lowest BCUT2D eigenvalue weighted by molar-refractivity contribution is 0.104. The first-order valence-corrected chi connectivity index (χ1v) is 12.1. The van der Waals surface area contributed by atoms with Gasteiger partial charge in [0.15, 0.2) is 5.78 Å². The Morgan fingerprint density at radius 3 is 2.46 bits per heavy atom. The van der Waals surface area contributed by atoms with Crippen LogP contribution in [-0.4, -0.2) is 15.5 Å². The van der Waals surface area contributed by atoms with Gasteiger partial charge in [0.2, 0.25) is 0 Å². The molecule has 0 saturated heterocycles. The highest BCUT2D eigenvalue weighted by Crippen LogP contribution is 2.33. The van der Waals surface area contributed by atoms with Gasteiger partial charge in [-0.05, 0) is 47.7 Å². The number of nitrogens with zero attached hydrogens (tertiary/aromatic N) is 1. The molecule has 5 aromatic rings. The second-order valence-corrected chi connectivity index (χ2v) is 8.97. The number of nitrogens with one attached hydrogen (secondary N) is 1. The van der Waals surface area contributed by atoms with E-state index in [0.29, 0.717) is 23.0 Å². The van der Waals surface area contributed by atoms with Gasteiger partial charge < -0.3 is 20.7 Å². The molecule has 1 atom stereocenters. The molecule has 1 heterocycles. The minimum absolute atomic E-state index is 0.163. The van der Waals surface area contributed by atoms with Gasteiger partial charge in [-0.1, -0.05) is 72.8 Å². The summed E-state index contributed by atoms with van der Waals surface area (Å²) in [7, 11) is 1.59. The van der Waals surface area contributed by atoms with Crippen molar-refractivity contribution in [1.82, 2.24) is 4.57 Å². The number of ketones is 1. The highest BCUT2D eigenvalue weighted by molar-refractivity contribution is 6.09. The molecule has 4 N–H and O–H groups in total. The Hall–Kier alpha value is -4.84. The van der Waals surface area contributed by atoms with Gasteiger partial charge in [-0.3, -0.25) is 9.59 Å². The zero-order valence-electron chi connectivity index (χ0n) is 20.4. The van der Waals surface area contributed by atoms with Gasteiger partial charge >= 0.3 is 0 Å². The summed E-state index contributed by atoms with van der Waals surface area (Å²) in [5.41, 5.74) is 8.71. The van der Waals surface area contributed by atoms with Crippen LogP contribution in [0.4, 0.5) is 11.4 Å². The Balaban J connectivity index is 1.46. The molecule has 0 fully saturated rings. The molecule has 0 amide bonds. The lowest BCUT2D eigenvalue weighted by Gasteiger charge is -2.21. The van der Waals surface area contributed by atoms with E-state index in [1.54, 1.807) is 37.4 Å². The van der Waals surface area contributed by atoms with E-state index in [0.717, 1.165) is 22.0 Å². The number of pyridine rings is 1. The number of benzene rings is 4. The molecule has 0 aliphatic carbocycles. The smallest absolute Gasteiger partial charge is 0.265 e. The Morgan fingerprint density at radius 1 is 0.973 bits per heavy atom. The van der Waals surface area contributed by atoms with Crippen molar-refractivity contribution < 1.29 is 9.90 Å². The van der Waals surface area contributed by atoms with Crippen LogP contribution in [0.5, 0.6) is 5.75 Å². The van der Waals surface area contributed by atoms with Crippen LogP contribution in [0.25, 0.3) is 21.7 Å². The van der Waals surface area contributed by atoms with Crippen molar-refractivity contribution in [2.24, 2.45) is 7.05 Å². The van der Waals surface area contributed by atoms with E-state index >= 15 is 0 Å². The summed E-state index contributed by atoms with van der Waals surface area (Å²) < 4.78 is 1.38. The number of hydrogen-bond acceptors (Lipinski definition) is 5. The standard InChI is InChI=1S/C31H27N3O3/c1-34-26-18-6-5-14-22(26)30(36)29(31(34)37)27(35)19-9-16-24(20-10-3-2-4-11-20)33-25-17-8-13-21-12-7-15-23(32)28(21)25/h2-15,17-19,24,33,36H,16,32H2,1H3/t24-/m0/s1. The summed E-state index contributed by atoms with van der Waals surface area (Å²) in [6.07, 6.45) is 3.56. The number of aromatic hydroxyl groups is 1. The molecule has 0 aliphatic heterocycles. The largest absolute Gasteiger partial charge is 0.506 e. The maximum atomic E-state index is 13.1. The van der Waals surface area contributed by atoms with Gasteiger partial charge in [0, 0.05) is 29.2 Å². The molecule has 0 radical (unpaired) electrons. The van der Waals surface area contributed by atoms with Crippen molar-refractivity contribution >= 4 is 38.8 Å². The number of allylic oxidation sites excluding steroid dienone is 1. The average molecular weight is 490 g/mol. The number of anilines is 2. The van der Waals surface area contributed by atoms with Gasteiger partial charge in [0.25, 0.3) is 5.56 Å². The van der Waals surface area contributed by atoms with Crippen molar-refractivity contribution in [1.29, 1.82) is 0 Å². The highest BCUT2D eigenvalue weighted by Gasteiger charge is 2.19. The number of aryl methyl sites for hydroxylation is 1. The summed E-state index contributed by atoms with van der Waals surface area (Å²) >= 11 is 0. The fraction of sp³-hybridized carbons (Fsp3) is 0.0968. The summed E-state index contributed by atoms with van der Waals surface area (Å²) in [5, 5.41) is 16.8. The third kappa shape index (κ3) is 4.57. The topological polar surface area (TPSA) is 97.4 Å². The number of nitrogens with two attached hydrogens (primary N) is 1. The van der Waals surface area contributed by atoms with Crippen LogP contribution >= 0.6 is 0 Å². The maximum absolute atomic E-state index is 13.1. The Morgan fingerprint density at radius 2 is 1.68 bits per heavy atom. The van der Waals surface area contributed by atoms with E-state index in [-0.39, 0.29) is 17.4 Å². The number of para-hydroxylation sites is 1. The monoisotopic (exact) mass is 489 g/mol. The van der Waals surface area contributed by atoms with E-state index in [4.69, 9.17) is 5.73 Å². The first kappa shape index (κ1) is 23.9. The first-order chi connectivity index (χ1) is 18.0. The van der Waals surface area contributed by atoms with E-state index in [1.807, 2.05) is 66.7 Å². The maximum Gasteiger partial charge on any atom is 0.265 e. The van der Waals surface area contributed by atoms with E-state index in [1.165, 1.54) is 10.6 Å². The van der Waals surface area contributed by atoms with E-state index in [9.17, 15) is 14.7 Å². The van der Waals surface area contributed by atoms with E-state index in [2.05, 4.69) is 5.32 Å². The molecule has 37 heavy (non-hydrogen) atoms. The highest BCUT2D eigenvalue weighted by atomic mass is 16.3. The van der Waals surface area contributed by atoms with Crippen LogP contribution in [0.2, 0.25) is 0 Å². The third-order valence-corrected chi connectivity index (χ3v) is 6.63. The number of carbonyl (C=O) groups is 1. The molecule has 1 aromatic heterocycles. The quantitative estimate of drug-likeness (QED) is 0.149. The molecule has 184 valence electrons. The lowest BCUT2D eigenvalue weighted by Crippen LogP contribution is -2.24. The van der Waals surface area contributed by atoms with Crippen LogP contribution in [0.15, 0.2) is 108 Å². The van der Waals surface area contributed by atoms with Gasteiger partial charge in [-0.15, -0.1) is 0 Å². The van der Waals surface area contributed by atoms with Crippen LogP contribution < -0.4 is 16.6 Å². The second-order valence-electron chi connectivity index (χ2n) is 8.97. The van der Waals surface area contributed by atoms with Gasteiger partial charge in [0.1, 0.15) is 11.3 Å². The summed E-state index contributed by atoms with van der Waals surface area (Å²) in [4.78, 5) is 26.0. The predicted molar refractivity (Wildman–Crippen MR) is 150 cm³/mol. The van der Waals surface area contributed by atoms with Crippen LogP contribution in [0, 0.1) is 0 Å². The van der Waals surface area contributed by atoms with E-state index < -0.39 is 11.3 Å². The normalized spacial score (nSPS) is 12.2. The lowest BCUT2D eigenvalue weighted by atomic mass is 10.0. The summed E-state index contributed by atoms with van der Waals surface area (Å²) in [6, 6.07) is 28.5. The number of fused-ring (bicyclic) bond motifs is 2. The van der Waals surface area contributed by atoms with Crippen molar-refractivity contribution in [3.63, 3.8) is 0 Å². The summed E-state index contributed by atoms with van der Waals surface area (Å²) in [5.74, 6) is -0.831. The minimum Gasteiger partial charge on any atom is -0.506 e. The molecule has 6 nitrogen and oxygen atoms in total. The number of aromatic nitrogens is 1. The molecule has 5 rings (SSSR count). The Bertz CT molecular complexity index is 1700. The number of hydrogen-bond donors (Lipinski definition) is 3. The van der Waals surface area contributed by atoms with Gasteiger partial charge in [-0.2, -0.15) is 0 Å². The van der Waals surface area contributed by atoms with Crippen molar-refractivity contribution in [3.05, 3.63) is 125 Å². The SMILES string of the molecule is Cn1c(=O)c(C(=O)C=CC[C@H](Nc2cccc3cccc(N)c23)c2ccccc2)c(O)c2ccccc21. The molecule has 0 spiro atoms. The Labute approximate surface area is 214 Å². The van der Waals surface area contributed by atoms with Gasteiger partial charge in [0.05, 0.1) is 11.6 Å². The zero-order chi connectivity index (χ0) is 25.9. The fourth-order valence-electron chi connectivity index (χ4n) is 4.74. The molecule has 6 heteroatoms. The van der Waals surface area contributed by atoms with Crippen LogP contribution in [0.1, 0.15) is 28.4 Å². The predicted octanol–water partition coefficient (Wildman–Crippen LogP) is 5.96. The zero-order valence-corrected chi connectivity index (χ0v) is 20.4. The average Bonchev–Trinajstić information content (AvgIpc) is 2.92. The number of nitrogen functional groups attached to an aromatic ring is 1. The van der Waals surface area contributed by atoms with Crippen molar-refractivity contribution in [2.75, 3.05) is 11.1 Å². The molecule has 0 unspecified atom stereocenters. The second kappa shape index (κ2) is 10.0. The van der Waals surface area contributed by atoms with Crippen molar-refractivity contribution in [3.8, 4) is 5.75 Å². The van der Waals surface area contributed by atoms with Gasteiger partial charge in [-0.25, -0.2) is 0 Å². The van der Waals surface area contributed by atoms with Crippen molar-refractivity contribution in [2.45, 2.75) is 12.5 Å². The Kier molecular flexibility index (Phi) is 6.47. The number of carbonyl (C=O) groups excluding carboxylic acids is 1.